The highest BCUT2D eigenvalue weighted by Crippen LogP contribution is 2.29. The van der Waals surface area contributed by atoms with E-state index < -0.39 is 23.1 Å². The topological polar surface area (TPSA) is 68.0 Å². The van der Waals surface area contributed by atoms with Gasteiger partial charge in [-0.05, 0) is 12.8 Å². The Labute approximate surface area is 107 Å². The Morgan fingerprint density at radius 2 is 1.89 bits per heavy atom. The first-order valence-electron chi connectivity index (χ1n) is 5.90. The molecule has 1 aromatic heterocycles. The summed E-state index contributed by atoms with van der Waals surface area (Å²) in [6.45, 7) is 3.40. The molecule has 0 spiro atoms. The number of carboxylic acids is 1. The second-order valence-electron chi connectivity index (χ2n) is 4.30. The summed E-state index contributed by atoms with van der Waals surface area (Å²) in [7, 11) is 0. The van der Waals surface area contributed by atoms with Crippen molar-refractivity contribution in [2.45, 2.75) is 32.2 Å². The standard InChI is InChI=1S/C12H13F2N3O2/c1-3-12(4-2,11(18)19)17-10-6-8(14)7(13)5-9(10)15-16-17/h5-6H,3-4H2,1-2H3,(H,18,19). The fraction of sp³-hybridized carbons (Fsp3) is 0.417. The normalized spacial score (nSPS) is 12.0. The third kappa shape index (κ3) is 1.85. The highest BCUT2D eigenvalue weighted by atomic mass is 19.2. The van der Waals surface area contributed by atoms with Gasteiger partial charge in [0.05, 0.1) is 5.52 Å². The zero-order valence-corrected chi connectivity index (χ0v) is 10.5. The summed E-state index contributed by atoms with van der Waals surface area (Å²) in [5.41, 5.74) is -1.00. The molecule has 0 aliphatic carbocycles. The molecule has 0 atom stereocenters. The van der Waals surface area contributed by atoms with Crippen molar-refractivity contribution >= 4 is 17.0 Å². The molecule has 5 nitrogen and oxygen atoms in total. The van der Waals surface area contributed by atoms with Crippen LogP contribution in [0.1, 0.15) is 26.7 Å². The van der Waals surface area contributed by atoms with Crippen LogP contribution < -0.4 is 0 Å². The van der Waals surface area contributed by atoms with E-state index in [9.17, 15) is 18.7 Å². The molecule has 2 aromatic rings. The summed E-state index contributed by atoms with van der Waals surface area (Å²) in [6, 6.07) is 1.83. The van der Waals surface area contributed by atoms with Gasteiger partial charge in [0.2, 0.25) is 0 Å². The molecule has 0 fully saturated rings. The molecule has 0 amide bonds. The SMILES string of the molecule is CCC(CC)(C(=O)O)n1nnc2cc(F)c(F)cc21. The smallest absolute Gasteiger partial charge is 0.331 e. The average Bonchev–Trinajstić information content (AvgIpc) is 2.76. The van der Waals surface area contributed by atoms with E-state index in [0.717, 1.165) is 16.8 Å². The maximum atomic E-state index is 13.3. The Balaban J connectivity index is 2.74. The minimum atomic E-state index is -1.31. The van der Waals surface area contributed by atoms with Crippen molar-refractivity contribution in [1.82, 2.24) is 15.0 Å². The minimum absolute atomic E-state index is 0.131. The predicted molar refractivity (Wildman–Crippen MR) is 63.6 cm³/mol. The van der Waals surface area contributed by atoms with Crippen molar-refractivity contribution < 1.29 is 18.7 Å². The lowest BCUT2D eigenvalue weighted by atomic mass is 9.93. The van der Waals surface area contributed by atoms with Gasteiger partial charge in [-0.15, -0.1) is 5.10 Å². The number of rotatable bonds is 4. The highest BCUT2D eigenvalue weighted by Gasteiger charge is 2.39. The van der Waals surface area contributed by atoms with Crippen molar-refractivity contribution in [2.75, 3.05) is 0 Å². The van der Waals surface area contributed by atoms with Crippen LogP contribution in [-0.4, -0.2) is 26.1 Å². The van der Waals surface area contributed by atoms with Gasteiger partial charge in [-0.3, -0.25) is 0 Å². The molecule has 7 heteroatoms. The number of benzene rings is 1. The maximum Gasteiger partial charge on any atom is 0.331 e. The number of aromatic nitrogens is 3. The molecular formula is C12H13F2N3O2. The minimum Gasteiger partial charge on any atom is -0.479 e. The molecular weight excluding hydrogens is 256 g/mol. The third-order valence-corrected chi connectivity index (χ3v) is 3.46. The van der Waals surface area contributed by atoms with Crippen LogP contribution in [0.25, 0.3) is 11.0 Å². The first-order valence-corrected chi connectivity index (χ1v) is 5.90. The highest BCUT2D eigenvalue weighted by molar-refractivity contribution is 5.81. The molecule has 1 heterocycles. The quantitative estimate of drug-likeness (QED) is 0.924. The number of hydrogen-bond acceptors (Lipinski definition) is 3. The third-order valence-electron chi connectivity index (χ3n) is 3.46. The number of hydrogen-bond donors (Lipinski definition) is 1. The summed E-state index contributed by atoms with van der Waals surface area (Å²) in [5.74, 6) is -3.16. The number of fused-ring (bicyclic) bond motifs is 1. The van der Waals surface area contributed by atoms with Crippen molar-refractivity contribution in [3.63, 3.8) is 0 Å². The molecule has 0 aliphatic heterocycles. The van der Waals surface area contributed by atoms with Gasteiger partial charge in [0, 0.05) is 12.1 Å². The Morgan fingerprint density at radius 1 is 1.32 bits per heavy atom. The summed E-state index contributed by atoms with van der Waals surface area (Å²) in [6.07, 6.45) is 0.520. The monoisotopic (exact) mass is 269 g/mol. The zero-order valence-electron chi connectivity index (χ0n) is 10.5. The molecule has 0 aliphatic rings. The fourth-order valence-corrected chi connectivity index (χ4v) is 2.18. The fourth-order valence-electron chi connectivity index (χ4n) is 2.18. The Hall–Kier alpha value is -2.05. The first-order chi connectivity index (χ1) is 8.96. The van der Waals surface area contributed by atoms with E-state index in [0.29, 0.717) is 0 Å². The second kappa shape index (κ2) is 4.56. The number of nitrogens with zero attached hydrogens (tertiary/aromatic N) is 3. The predicted octanol–water partition coefficient (Wildman–Crippen LogP) is 2.31. The van der Waals surface area contributed by atoms with Gasteiger partial charge in [0.25, 0.3) is 0 Å². The average molecular weight is 269 g/mol. The van der Waals surface area contributed by atoms with Gasteiger partial charge in [0.15, 0.2) is 17.2 Å². The van der Waals surface area contributed by atoms with Gasteiger partial charge in [-0.2, -0.15) is 0 Å². The lowest BCUT2D eigenvalue weighted by Gasteiger charge is -2.27. The van der Waals surface area contributed by atoms with E-state index in [1.165, 1.54) is 0 Å². The van der Waals surface area contributed by atoms with Gasteiger partial charge < -0.3 is 5.11 Å². The second-order valence-corrected chi connectivity index (χ2v) is 4.30. The summed E-state index contributed by atoms with van der Waals surface area (Å²) in [5, 5.41) is 16.9. The van der Waals surface area contributed by atoms with Crippen LogP contribution in [0.2, 0.25) is 0 Å². The van der Waals surface area contributed by atoms with Crippen LogP contribution in [-0.2, 0) is 10.3 Å². The number of carboxylic acid groups (broad SMARTS) is 1. The molecule has 1 N–H and O–H groups in total. The maximum absolute atomic E-state index is 13.3. The van der Waals surface area contributed by atoms with Crippen LogP contribution >= 0.6 is 0 Å². The van der Waals surface area contributed by atoms with E-state index in [4.69, 9.17) is 0 Å². The number of carbonyl (C=O) groups is 1. The molecule has 19 heavy (non-hydrogen) atoms. The lowest BCUT2D eigenvalue weighted by molar-refractivity contribution is -0.148. The molecule has 102 valence electrons. The largest absolute Gasteiger partial charge is 0.479 e. The molecule has 0 bridgehead atoms. The van der Waals surface area contributed by atoms with Gasteiger partial charge >= 0.3 is 5.97 Å². The van der Waals surface area contributed by atoms with Crippen molar-refractivity contribution in [3.05, 3.63) is 23.8 Å². The Morgan fingerprint density at radius 3 is 2.42 bits per heavy atom. The number of halogens is 2. The molecule has 0 radical (unpaired) electrons. The van der Waals surface area contributed by atoms with E-state index in [2.05, 4.69) is 10.3 Å². The summed E-state index contributed by atoms with van der Waals surface area (Å²) >= 11 is 0. The number of aliphatic carboxylic acids is 1. The zero-order chi connectivity index (χ0) is 14.2. The lowest BCUT2D eigenvalue weighted by Crippen LogP contribution is -2.41. The van der Waals surface area contributed by atoms with E-state index >= 15 is 0 Å². The van der Waals surface area contributed by atoms with E-state index in [-0.39, 0.29) is 23.9 Å². The van der Waals surface area contributed by atoms with Crippen molar-refractivity contribution in [3.8, 4) is 0 Å². The van der Waals surface area contributed by atoms with Crippen molar-refractivity contribution in [1.29, 1.82) is 0 Å². The van der Waals surface area contributed by atoms with Gasteiger partial charge in [-0.25, -0.2) is 18.3 Å². The summed E-state index contributed by atoms with van der Waals surface area (Å²) in [4.78, 5) is 11.5. The van der Waals surface area contributed by atoms with E-state index in [1.54, 1.807) is 13.8 Å². The van der Waals surface area contributed by atoms with Crippen LogP contribution in [0.4, 0.5) is 8.78 Å². The Bertz CT molecular complexity index is 635. The molecule has 2 rings (SSSR count). The molecule has 0 saturated carbocycles. The van der Waals surface area contributed by atoms with Crippen LogP contribution in [0.3, 0.4) is 0 Å². The Kier molecular flexibility index (Phi) is 3.21. The van der Waals surface area contributed by atoms with Crippen LogP contribution in [0, 0.1) is 11.6 Å². The van der Waals surface area contributed by atoms with Crippen LogP contribution in [0.5, 0.6) is 0 Å². The first kappa shape index (κ1) is 13.4. The molecule has 1 aromatic carbocycles. The van der Waals surface area contributed by atoms with Crippen molar-refractivity contribution in [2.24, 2.45) is 0 Å². The van der Waals surface area contributed by atoms with Crippen LogP contribution in [0.15, 0.2) is 12.1 Å². The molecule has 0 unspecified atom stereocenters. The molecule has 0 saturated heterocycles. The van der Waals surface area contributed by atoms with E-state index in [1.807, 2.05) is 0 Å². The van der Waals surface area contributed by atoms with Gasteiger partial charge in [-0.1, -0.05) is 19.1 Å². The summed E-state index contributed by atoms with van der Waals surface area (Å²) < 4.78 is 27.6. The van der Waals surface area contributed by atoms with Gasteiger partial charge in [0.1, 0.15) is 5.52 Å².